The summed E-state index contributed by atoms with van der Waals surface area (Å²) < 4.78 is 2.10. The van der Waals surface area contributed by atoms with E-state index in [-0.39, 0.29) is 0 Å². The van der Waals surface area contributed by atoms with Gasteiger partial charge in [0.05, 0.1) is 5.69 Å². The Morgan fingerprint density at radius 3 is 2.33 bits per heavy atom. The second-order valence-electron chi connectivity index (χ2n) is 3.82. The molecule has 2 nitrogen and oxygen atoms in total. The van der Waals surface area contributed by atoms with Crippen LogP contribution in [0.1, 0.15) is 12.5 Å². The van der Waals surface area contributed by atoms with Gasteiger partial charge in [0, 0.05) is 24.5 Å². The lowest BCUT2D eigenvalue weighted by Crippen LogP contribution is -1.87. The van der Waals surface area contributed by atoms with Crippen LogP contribution in [0.15, 0.2) is 36.7 Å². The average Bonchev–Trinajstić information content (AvgIpc) is 2.61. The van der Waals surface area contributed by atoms with Gasteiger partial charge in [-0.05, 0) is 19.4 Å². The van der Waals surface area contributed by atoms with E-state index < -0.39 is 0 Å². The summed E-state index contributed by atoms with van der Waals surface area (Å²) in [5.41, 5.74) is 10.4. The van der Waals surface area contributed by atoms with Crippen molar-refractivity contribution in [3.63, 3.8) is 0 Å². The summed E-state index contributed by atoms with van der Waals surface area (Å²) >= 11 is 0. The molecule has 0 bridgehead atoms. The van der Waals surface area contributed by atoms with Crippen LogP contribution in [0.25, 0.3) is 11.1 Å². The van der Waals surface area contributed by atoms with Crippen molar-refractivity contribution in [1.29, 1.82) is 0 Å². The van der Waals surface area contributed by atoms with Gasteiger partial charge in [-0.3, -0.25) is 0 Å². The Morgan fingerprint density at radius 2 is 1.80 bits per heavy atom. The Balaban J connectivity index is 2.44. The molecule has 78 valence electrons. The van der Waals surface area contributed by atoms with Crippen molar-refractivity contribution in [2.24, 2.45) is 0 Å². The molecule has 0 aliphatic rings. The summed E-state index contributed by atoms with van der Waals surface area (Å²) in [6.45, 7) is 5.15. The summed E-state index contributed by atoms with van der Waals surface area (Å²) in [7, 11) is 0. The largest absolute Gasteiger partial charge is 0.397 e. The summed E-state index contributed by atoms with van der Waals surface area (Å²) in [5.74, 6) is 0. The highest BCUT2D eigenvalue weighted by molar-refractivity contribution is 5.75. The van der Waals surface area contributed by atoms with Gasteiger partial charge in [-0.1, -0.05) is 29.8 Å². The monoisotopic (exact) mass is 200 g/mol. The van der Waals surface area contributed by atoms with E-state index in [2.05, 4.69) is 48.9 Å². The summed E-state index contributed by atoms with van der Waals surface area (Å²) in [5, 5.41) is 0. The zero-order valence-electron chi connectivity index (χ0n) is 9.20. The third kappa shape index (κ3) is 1.89. The van der Waals surface area contributed by atoms with E-state index in [0.29, 0.717) is 0 Å². The first kappa shape index (κ1) is 9.84. The van der Waals surface area contributed by atoms with Gasteiger partial charge >= 0.3 is 0 Å². The first-order chi connectivity index (χ1) is 7.20. The molecule has 1 aromatic carbocycles. The third-order valence-corrected chi connectivity index (χ3v) is 2.64. The second kappa shape index (κ2) is 3.81. The SMILES string of the molecule is CCn1cc(N)c(-c2ccc(C)cc2)c1. The highest BCUT2D eigenvalue weighted by Crippen LogP contribution is 2.26. The Morgan fingerprint density at radius 1 is 1.13 bits per heavy atom. The maximum Gasteiger partial charge on any atom is 0.0573 e. The number of nitrogens with zero attached hydrogens (tertiary/aromatic N) is 1. The molecule has 2 rings (SSSR count). The molecule has 0 aliphatic carbocycles. The zero-order valence-corrected chi connectivity index (χ0v) is 9.20. The van der Waals surface area contributed by atoms with Gasteiger partial charge in [-0.25, -0.2) is 0 Å². The van der Waals surface area contributed by atoms with Gasteiger partial charge < -0.3 is 10.3 Å². The van der Waals surface area contributed by atoms with Crippen molar-refractivity contribution in [1.82, 2.24) is 4.57 Å². The molecule has 0 atom stereocenters. The third-order valence-electron chi connectivity index (χ3n) is 2.64. The van der Waals surface area contributed by atoms with Crippen molar-refractivity contribution in [3.05, 3.63) is 42.2 Å². The van der Waals surface area contributed by atoms with Gasteiger partial charge in [0.2, 0.25) is 0 Å². The highest BCUT2D eigenvalue weighted by atomic mass is 14.9. The van der Waals surface area contributed by atoms with E-state index >= 15 is 0 Å². The van der Waals surface area contributed by atoms with E-state index in [1.807, 2.05) is 6.20 Å². The number of aryl methyl sites for hydroxylation is 2. The second-order valence-corrected chi connectivity index (χ2v) is 3.82. The van der Waals surface area contributed by atoms with E-state index in [9.17, 15) is 0 Å². The molecule has 0 amide bonds. The van der Waals surface area contributed by atoms with Crippen molar-refractivity contribution >= 4 is 5.69 Å². The number of nitrogens with two attached hydrogens (primary N) is 1. The molecule has 0 aliphatic heterocycles. The fourth-order valence-corrected chi connectivity index (χ4v) is 1.68. The molecule has 2 aromatic rings. The lowest BCUT2D eigenvalue weighted by molar-refractivity contribution is 0.770. The molecule has 2 heteroatoms. The topological polar surface area (TPSA) is 30.9 Å². The Kier molecular flexibility index (Phi) is 2.50. The number of nitrogen functional groups attached to an aromatic ring is 1. The molecular formula is C13H16N2. The van der Waals surface area contributed by atoms with Gasteiger partial charge in [-0.15, -0.1) is 0 Å². The Labute approximate surface area is 90.3 Å². The van der Waals surface area contributed by atoms with Crippen LogP contribution in [0, 0.1) is 6.92 Å². The molecular weight excluding hydrogens is 184 g/mol. The van der Waals surface area contributed by atoms with Crippen LogP contribution in [-0.4, -0.2) is 4.57 Å². The van der Waals surface area contributed by atoms with Crippen molar-refractivity contribution in [2.45, 2.75) is 20.4 Å². The highest BCUT2D eigenvalue weighted by Gasteiger charge is 2.04. The maximum absolute atomic E-state index is 5.97. The van der Waals surface area contributed by atoms with E-state index in [4.69, 9.17) is 5.73 Å². The van der Waals surface area contributed by atoms with Crippen LogP contribution in [0.3, 0.4) is 0 Å². The van der Waals surface area contributed by atoms with Crippen molar-refractivity contribution in [3.8, 4) is 11.1 Å². The van der Waals surface area contributed by atoms with Crippen molar-refractivity contribution in [2.75, 3.05) is 5.73 Å². The average molecular weight is 200 g/mol. The number of benzene rings is 1. The van der Waals surface area contributed by atoms with E-state index in [0.717, 1.165) is 17.8 Å². The quantitative estimate of drug-likeness (QED) is 0.793. The predicted molar refractivity (Wildman–Crippen MR) is 64.7 cm³/mol. The number of aromatic nitrogens is 1. The normalized spacial score (nSPS) is 10.5. The summed E-state index contributed by atoms with van der Waals surface area (Å²) in [6, 6.07) is 8.44. The Hall–Kier alpha value is -1.70. The minimum absolute atomic E-state index is 0.848. The lowest BCUT2D eigenvalue weighted by Gasteiger charge is -2.00. The van der Waals surface area contributed by atoms with Crippen LogP contribution in [0.5, 0.6) is 0 Å². The molecule has 0 fully saturated rings. The molecule has 0 unspecified atom stereocenters. The zero-order chi connectivity index (χ0) is 10.8. The Bertz CT molecular complexity index is 452. The molecule has 2 N–H and O–H groups in total. The molecule has 0 radical (unpaired) electrons. The van der Waals surface area contributed by atoms with Gasteiger partial charge in [0.15, 0.2) is 0 Å². The van der Waals surface area contributed by atoms with E-state index in [1.165, 1.54) is 11.1 Å². The first-order valence-corrected chi connectivity index (χ1v) is 5.23. The van der Waals surface area contributed by atoms with Crippen LogP contribution >= 0.6 is 0 Å². The number of hydrogen-bond acceptors (Lipinski definition) is 1. The van der Waals surface area contributed by atoms with Crippen LogP contribution in [0.4, 0.5) is 5.69 Å². The smallest absolute Gasteiger partial charge is 0.0573 e. The molecule has 1 aromatic heterocycles. The fourth-order valence-electron chi connectivity index (χ4n) is 1.68. The minimum Gasteiger partial charge on any atom is -0.397 e. The summed E-state index contributed by atoms with van der Waals surface area (Å²) in [6.07, 6.45) is 4.08. The fraction of sp³-hybridized carbons (Fsp3) is 0.231. The molecule has 0 spiro atoms. The summed E-state index contributed by atoms with van der Waals surface area (Å²) in [4.78, 5) is 0. The number of rotatable bonds is 2. The van der Waals surface area contributed by atoms with Crippen LogP contribution < -0.4 is 5.73 Å². The molecule has 0 saturated carbocycles. The van der Waals surface area contributed by atoms with Gasteiger partial charge in [0.25, 0.3) is 0 Å². The predicted octanol–water partition coefficient (Wildman–Crippen LogP) is 3.07. The molecule has 1 heterocycles. The standard InChI is InChI=1S/C13H16N2/c1-3-15-8-12(13(14)9-15)11-6-4-10(2)5-7-11/h4-9H,3,14H2,1-2H3. The number of hydrogen-bond donors (Lipinski definition) is 1. The molecule has 0 saturated heterocycles. The van der Waals surface area contributed by atoms with E-state index in [1.54, 1.807) is 0 Å². The maximum atomic E-state index is 5.97. The van der Waals surface area contributed by atoms with Gasteiger partial charge in [-0.2, -0.15) is 0 Å². The van der Waals surface area contributed by atoms with Crippen LogP contribution in [0.2, 0.25) is 0 Å². The van der Waals surface area contributed by atoms with Gasteiger partial charge in [0.1, 0.15) is 0 Å². The first-order valence-electron chi connectivity index (χ1n) is 5.23. The lowest BCUT2D eigenvalue weighted by atomic mass is 10.1. The van der Waals surface area contributed by atoms with Crippen LogP contribution in [-0.2, 0) is 6.54 Å². The number of anilines is 1. The molecule has 15 heavy (non-hydrogen) atoms. The minimum atomic E-state index is 0.848. The van der Waals surface area contributed by atoms with Crippen molar-refractivity contribution < 1.29 is 0 Å².